The summed E-state index contributed by atoms with van der Waals surface area (Å²) in [6, 6.07) is 0. The van der Waals surface area contributed by atoms with Gasteiger partial charge >= 0.3 is 0 Å². The molecule has 0 aromatic heterocycles. The maximum Gasteiger partial charge on any atom is 0.0529 e. The van der Waals surface area contributed by atoms with E-state index in [0.717, 1.165) is 20.0 Å². The Morgan fingerprint density at radius 1 is 0.542 bits per heavy atom. The van der Waals surface area contributed by atoms with Crippen LogP contribution in [0.4, 0.5) is 0 Å². The van der Waals surface area contributed by atoms with Crippen LogP contribution < -0.4 is 0 Å². The topological polar surface area (TPSA) is 9.72 Å². The van der Waals surface area contributed by atoms with Gasteiger partial charge in [0.2, 0.25) is 0 Å². The largest absolute Gasteiger partial charge is 0.277 e. The van der Waals surface area contributed by atoms with E-state index >= 15 is 0 Å². The van der Waals surface area contributed by atoms with Crippen LogP contribution in [0.25, 0.3) is 0 Å². The van der Waals surface area contributed by atoms with Crippen LogP contribution in [0.2, 0.25) is 0 Å². The fourth-order valence-corrected chi connectivity index (χ4v) is 3.21. The van der Waals surface area contributed by atoms with E-state index in [2.05, 4.69) is 71.9 Å². The van der Waals surface area contributed by atoms with Crippen LogP contribution in [0.1, 0.15) is 59.3 Å². The molecule has 0 bridgehead atoms. The Hall–Kier alpha value is -0.900. The number of allylic oxidation sites excluding steroid dienone is 6. The number of hydrogen-bond donors (Lipinski definition) is 0. The summed E-state index contributed by atoms with van der Waals surface area (Å²) in [5, 5.41) is 0. The second kappa shape index (κ2) is 14.4. The van der Waals surface area contributed by atoms with Crippen molar-refractivity contribution in [2.24, 2.45) is 0 Å². The van der Waals surface area contributed by atoms with Crippen molar-refractivity contribution in [2.75, 3.05) is 39.6 Å². The smallest absolute Gasteiger partial charge is 0.0529 e. The molecule has 0 aromatic rings. The van der Waals surface area contributed by atoms with E-state index < -0.39 is 0 Å². The van der Waals surface area contributed by atoms with Crippen molar-refractivity contribution >= 4 is 0 Å². The van der Waals surface area contributed by atoms with Crippen LogP contribution in [-0.2, 0) is 0 Å². The number of rotatable bonds is 12. The van der Waals surface area contributed by atoms with Crippen molar-refractivity contribution < 1.29 is 0 Å². The lowest BCUT2D eigenvalue weighted by molar-refractivity contribution is -0.0301. The van der Waals surface area contributed by atoms with Crippen LogP contribution in [0.15, 0.2) is 36.5 Å². The predicted molar refractivity (Wildman–Crippen MR) is 107 cm³/mol. The van der Waals surface area contributed by atoms with Crippen molar-refractivity contribution in [2.45, 2.75) is 59.3 Å². The Morgan fingerprint density at radius 3 is 1.08 bits per heavy atom. The fraction of sp³-hybridized carbons (Fsp3) is 0.714. The SMILES string of the molecule is CC=CCCCN1CN(CCCC=CC)CN(CCCC=CC)C1. The van der Waals surface area contributed by atoms with Crippen LogP contribution in [0.5, 0.6) is 0 Å². The molecule has 1 rings (SSSR count). The van der Waals surface area contributed by atoms with Crippen LogP contribution in [0.3, 0.4) is 0 Å². The van der Waals surface area contributed by atoms with Crippen molar-refractivity contribution in [1.82, 2.24) is 14.7 Å². The molecule has 3 nitrogen and oxygen atoms in total. The highest BCUT2D eigenvalue weighted by atomic mass is 15.5. The fourth-order valence-electron chi connectivity index (χ4n) is 3.21. The molecule has 1 saturated heterocycles. The van der Waals surface area contributed by atoms with Gasteiger partial charge in [-0.3, -0.25) is 14.7 Å². The minimum atomic E-state index is 1.14. The summed E-state index contributed by atoms with van der Waals surface area (Å²) in [5.74, 6) is 0. The Bertz CT molecular complexity index is 310. The third kappa shape index (κ3) is 10.1. The van der Waals surface area contributed by atoms with Gasteiger partial charge in [-0.2, -0.15) is 0 Å². The van der Waals surface area contributed by atoms with Gasteiger partial charge in [0, 0.05) is 19.6 Å². The Labute approximate surface area is 150 Å². The average molecular weight is 334 g/mol. The van der Waals surface area contributed by atoms with E-state index in [-0.39, 0.29) is 0 Å². The highest BCUT2D eigenvalue weighted by Gasteiger charge is 2.22. The van der Waals surface area contributed by atoms with Gasteiger partial charge in [-0.25, -0.2) is 0 Å². The van der Waals surface area contributed by atoms with Gasteiger partial charge in [-0.15, -0.1) is 0 Å². The quantitative estimate of drug-likeness (QED) is 0.373. The van der Waals surface area contributed by atoms with Gasteiger partial charge < -0.3 is 0 Å². The molecule has 24 heavy (non-hydrogen) atoms. The van der Waals surface area contributed by atoms with Gasteiger partial charge in [0.25, 0.3) is 0 Å². The molecule has 1 heterocycles. The van der Waals surface area contributed by atoms with Crippen molar-refractivity contribution in [3.8, 4) is 0 Å². The molecular weight excluding hydrogens is 294 g/mol. The summed E-state index contributed by atoms with van der Waals surface area (Å²) in [5.41, 5.74) is 0. The molecular formula is C21H39N3. The summed E-state index contributed by atoms with van der Waals surface area (Å²) in [7, 11) is 0. The van der Waals surface area contributed by atoms with E-state index in [9.17, 15) is 0 Å². The standard InChI is InChI=1S/C21H39N3/c1-4-7-10-13-16-22-19-23(17-14-11-8-5-2)21-24(20-22)18-15-12-9-6-3/h4-9H,10-21H2,1-3H3. The molecule has 0 N–H and O–H groups in total. The van der Waals surface area contributed by atoms with Gasteiger partial charge in [0.1, 0.15) is 0 Å². The second-order valence-corrected chi connectivity index (χ2v) is 6.74. The molecule has 1 aliphatic rings. The van der Waals surface area contributed by atoms with E-state index in [0.29, 0.717) is 0 Å². The molecule has 0 saturated carbocycles. The zero-order chi connectivity index (χ0) is 17.5. The van der Waals surface area contributed by atoms with Gasteiger partial charge in [0.05, 0.1) is 20.0 Å². The van der Waals surface area contributed by atoms with E-state index in [1.165, 1.54) is 58.2 Å². The van der Waals surface area contributed by atoms with Gasteiger partial charge in [-0.05, 0) is 59.3 Å². The first-order valence-electron chi connectivity index (χ1n) is 9.80. The highest BCUT2D eigenvalue weighted by Crippen LogP contribution is 2.11. The number of nitrogens with zero attached hydrogens (tertiary/aromatic N) is 3. The third-order valence-electron chi connectivity index (χ3n) is 4.44. The van der Waals surface area contributed by atoms with Gasteiger partial charge in [0.15, 0.2) is 0 Å². The molecule has 0 amide bonds. The van der Waals surface area contributed by atoms with Crippen molar-refractivity contribution in [3.63, 3.8) is 0 Å². The maximum atomic E-state index is 2.62. The third-order valence-corrected chi connectivity index (χ3v) is 4.44. The summed E-state index contributed by atoms with van der Waals surface area (Å²) in [6.07, 6.45) is 20.8. The minimum absolute atomic E-state index is 1.14. The number of unbranched alkanes of at least 4 members (excludes halogenated alkanes) is 3. The molecule has 1 aliphatic heterocycles. The second-order valence-electron chi connectivity index (χ2n) is 6.74. The van der Waals surface area contributed by atoms with Crippen LogP contribution in [0, 0.1) is 0 Å². The van der Waals surface area contributed by atoms with Crippen molar-refractivity contribution in [3.05, 3.63) is 36.5 Å². The predicted octanol–water partition coefficient (Wildman–Crippen LogP) is 4.85. The number of hydrogen-bond acceptors (Lipinski definition) is 3. The average Bonchev–Trinajstić information content (AvgIpc) is 2.59. The summed E-state index contributed by atoms with van der Waals surface area (Å²) in [6.45, 7) is 13.4. The maximum absolute atomic E-state index is 2.62. The lowest BCUT2D eigenvalue weighted by Crippen LogP contribution is -2.55. The molecule has 0 aromatic carbocycles. The molecule has 0 radical (unpaired) electrons. The first-order valence-corrected chi connectivity index (χ1v) is 9.80. The zero-order valence-corrected chi connectivity index (χ0v) is 16.3. The molecule has 1 fully saturated rings. The Balaban J connectivity index is 2.41. The summed E-state index contributed by atoms with van der Waals surface area (Å²) >= 11 is 0. The lowest BCUT2D eigenvalue weighted by Gasteiger charge is -2.42. The normalized spacial score (nSPS) is 18.6. The van der Waals surface area contributed by atoms with E-state index in [1.807, 2.05) is 0 Å². The Morgan fingerprint density at radius 2 is 0.833 bits per heavy atom. The first kappa shape index (κ1) is 21.1. The first-order chi connectivity index (χ1) is 11.8. The monoisotopic (exact) mass is 333 g/mol. The van der Waals surface area contributed by atoms with Crippen LogP contribution >= 0.6 is 0 Å². The van der Waals surface area contributed by atoms with Crippen molar-refractivity contribution in [1.29, 1.82) is 0 Å². The Kier molecular flexibility index (Phi) is 12.7. The molecule has 0 aliphatic carbocycles. The molecule has 138 valence electrons. The lowest BCUT2D eigenvalue weighted by atomic mass is 10.2. The summed E-state index contributed by atoms with van der Waals surface area (Å²) < 4.78 is 0. The molecule has 0 atom stereocenters. The zero-order valence-electron chi connectivity index (χ0n) is 16.3. The molecule has 0 spiro atoms. The molecule has 3 heteroatoms. The van der Waals surface area contributed by atoms with Crippen LogP contribution in [-0.4, -0.2) is 54.3 Å². The van der Waals surface area contributed by atoms with Gasteiger partial charge in [-0.1, -0.05) is 36.5 Å². The van der Waals surface area contributed by atoms with E-state index in [1.54, 1.807) is 0 Å². The summed E-state index contributed by atoms with van der Waals surface area (Å²) in [4.78, 5) is 7.87. The van der Waals surface area contributed by atoms with E-state index in [4.69, 9.17) is 0 Å². The molecule has 0 unspecified atom stereocenters. The minimum Gasteiger partial charge on any atom is -0.277 e. The highest BCUT2D eigenvalue weighted by molar-refractivity contribution is 4.80.